The summed E-state index contributed by atoms with van der Waals surface area (Å²) in [6.07, 6.45) is 0. The zero-order valence-electron chi connectivity index (χ0n) is 18.4. The normalized spacial score (nSPS) is 10.5. The van der Waals surface area contributed by atoms with Gasteiger partial charge in [0.25, 0.3) is 0 Å². The second kappa shape index (κ2) is 9.87. The third-order valence-electron chi connectivity index (χ3n) is 4.81. The Morgan fingerprint density at radius 2 is 1.50 bits per heavy atom. The highest BCUT2D eigenvalue weighted by Crippen LogP contribution is 2.24. The van der Waals surface area contributed by atoms with Gasteiger partial charge in [0.15, 0.2) is 5.78 Å². The van der Waals surface area contributed by atoms with Crippen molar-refractivity contribution in [1.82, 2.24) is 0 Å². The molecule has 32 heavy (non-hydrogen) atoms. The smallest absolute Gasteiger partial charge is 0.338 e. The van der Waals surface area contributed by atoms with Gasteiger partial charge in [-0.2, -0.15) is 0 Å². The Morgan fingerprint density at radius 1 is 0.844 bits per heavy atom. The molecule has 0 amide bonds. The number of hydrogen-bond donors (Lipinski definition) is 2. The lowest BCUT2D eigenvalue weighted by molar-refractivity contribution is 0.0449. The Kier molecular flexibility index (Phi) is 7.00. The third kappa shape index (κ3) is 5.57. The van der Waals surface area contributed by atoms with Crippen LogP contribution in [0.2, 0.25) is 0 Å². The molecular weight excluding hydrogens is 406 g/mol. The third-order valence-corrected chi connectivity index (χ3v) is 4.81. The fourth-order valence-corrected chi connectivity index (χ4v) is 3.18. The van der Waals surface area contributed by atoms with E-state index in [1.165, 1.54) is 12.1 Å². The molecule has 0 radical (unpaired) electrons. The highest BCUT2D eigenvalue weighted by atomic mass is 16.6. The van der Waals surface area contributed by atoms with E-state index in [1.54, 1.807) is 30.3 Å². The summed E-state index contributed by atoms with van der Waals surface area (Å²) in [5.74, 6) is -0.253. The number of carbonyl (C=O) groups excluding carboxylic acids is 2. The Hall–Kier alpha value is -4.00. The summed E-state index contributed by atoms with van der Waals surface area (Å²) >= 11 is 0. The van der Waals surface area contributed by atoms with Gasteiger partial charge in [-0.05, 0) is 61.5 Å². The molecule has 0 unspecified atom stereocenters. The molecule has 4 N–H and O–H groups in total. The molecule has 3 aromatic rings. The van der Waals surface area contributed by atoms with Crippen molar-refractivity contribution < 1.29 is 19.1 Å². The van der Waals surface area contributed by atoms with Crippen molar-refractivity contribution in [2.24, 2.45) is 0 Å². The molecule has 0 aliphatic heterocycles. The topological polar surface area (TPSA) is 108 Å². The van der Waals surface area contributed by atoms with Crippen molar-refractivity contribution in [1.29, 1.82) is 0 Å². The predicted octanol–water partition coefficient (Wildman–Crippen LogP) is 3.69. The number of ketones is 1. The van der Waals surface area contributed by atoms with Gasteiger partial charge >= 0.3 is 5.97 Å². The first-order valence-electron chi connectivity index (χ1n) is 10.1. The van der Waals surface area contributed by atoms with Crippen molar-refractivity contribution in [3.63, 3.8) is 0 Å². The molecule has 0 spiro atoms. The lowest BCUT2D eigenvalue weighted by Crippen LogP contribution is -2.14. The number of nitrogen functional groups attached to an aromatic ring is 2. The first-order chi connectivity index (χ1) is 15.2. The summed E-state index contributed by atoms with van der Waals surface area (Å²) in [7, 11) is 3.88. The van der Waals surface area contributed by atoms with Gasteiger partial charge in [-0.1, -0.05) is 11.6 Å². The lowest BCUT2D eigenvalue weighted by Gasteiger charge is -2.14. The van der Waals surface area contributed by atoms with E-state index < -0.39 is 5.97 Å². The van der Waals surface area contributed by atoms with E-state index >= 15 is 0 Å². The number of anilines is 3. The molecule has 0 aliphatic carbocycles. The van der Waals surface area contributed by atoms with Gasteiger partial charge in [0.1, 0.15) is 19.0 Å². The molecule has 3 aromatic carbocycles. The van der Waals surface area contributed by atoms with Gasteiger partial charge in [-0.25, -0.2) is 4.79 Å². The van der Waals surface area contributed by atoms with Crippen molar-refractivity contribution in [2.75, 3.05) is 43.7 Å². The van der Waals surface area contributed by atoms with Crippen molar-refractivity contribution in [3.05, 3.63) is 82.9 Å². The minimum atomic E-state index is -0.547. The van der Waals surface area contributed by atoms with Gasteiger partial charge in [-0.3, -0.25) is 4.79 Å². The molecule has 0 aliphatic rings. The van der Waals surface area contributed by atoms with Crippen LogP contribution in [0.5, 0.6) is 5.75 Å². The summed E-state index contributed by atoms with van der Waals surface area (Å²) in [5, 5.41) is 0. The van der Waals surface area contributed by atoms with Crippen LogP contribution in [-0.4, -0.2) is 39.1 Å². The Bertz CT molecular complexity index is 1100. The fraction of sp³-hybridized carbons (Fsp3) is 0.200. The van der Waals surface area contributed by atoms with Crippen LogP contribution in [0.3, 0.4) is 0 Å². The molecule has 0 saturated carbocycles. The number of nitrogens with zero attached hydrogens (tertiary/aromatic N) is 1. The number of hydrogen-bond acceptors (Lipinski definition) is 7. The number of benzene rings is 3. The van der Waals surface area contributed by atoms with E-state index in [2.05, 4.69) is 0 Å². The van der Waals surface area contributed by atoms with Gasteiger partial charge < -0.3 is 25.8 Å². The van der Waals surface area contributed by atoms with Crippen LogP contribution < -0.4 is 21.1 Å². The largest absolute Gasteiger partial charge is 0.489 e. The molecular formula is C25H27N3O4. The van der Waals surface area contributed by atoms with Crippen LogP contribution in [0.1, 0.15) is 31.8 Å². The van der Waals surface area contributed by atoms with Crippen LogP contribution in [-0.2, 0) is 4.74 Å². The summed E-state index contributed by atoms with van der Waals surface area (Å²) in [6, 6.07) is 17.3. The quantitative estimate of drug-likeness (QED) is 0.241. The molecule has 0 aromatic heterocycles. The Morgan fingerprint density at radius 3 is 2.12 bits per heavy atom. The highest BCUT2D eigenvalue weighted by molar-refractivity contribution is 6.11. The van der Waals surface area contributed by atoms with E-state index in [1.807, 2.05) is 44.1 Å². The lowest BCUT2D eigenvalue weighted by atomic mass is 10.0. The molecule has 0 bridgehead atoms. The van der Waals surface area contributed by atoms with Crippen molar-refractivity contribution in [2.45, 2.75) is 6.92 Å². The van der Waals surface area contributed by atoms with Crippen LogP contribution in [0, 0.1) is 6.92 Å². The highest BCUT2D eigenvalue weighted by Gasteiger charge is 2.16. The molecule has 0 heterocycles. The zero-order valence-corrected chi connectivity index (χ0v) is 18.4. The second-order valence-corrected chi connectivity index (χ2v) is 7.64. The predicted molar refractivity (Wildman–Crippen MR) is 126 cm³/mol. The van der Waals surface area contributed by atoms with E-state index in [0.717, 1.165) is 11.3 Å². The van der Waals surface area contributed by atoms with Crippen molar-refractivity contribution >= 4 is 28.8 Å². The van der Waals surface area contributed by atoms with Crippen LogP contribution >= 0.6 is 0 Å². The SMILES string of the molecule is Cc1ccc(OCCOC(=O)c2cc(N)cc(N)c2)c(C(=O)c2ccc(N(C)C)cc2)c1. The maximum atomic E-state index is 13.1. The van der Waals surface area contributed by atoms with Crippen molar-refractivity contribution in [3.8, 4) is 5.75 Å². The van der Waals surface area contributed by atoms with Gasteiger partial charge in [0, 0.05) is 36.7 Å². The van der Waals surface area contributed by atoms with Crippen LogP contribution in [0.25, 0.3) is 0 Å². The molecule has 0 saturated heterocycles. The second-order valence-electron chi connectivity index (χ2n) is 7.64. The number of nitrogens with two attached hydrogens (primary N) is 2. The van der Waals surface area contributed by atoms with Gasteiger partial charge in [0.2, 0.25) is 0 Å². The molecule has 3 rings (SSSR count). The Balaban J connectivity index is 1.66. The molecule has 7 heteroatoms. The number of carbonyl (C=O) groups is 2. The average molecular weight is 434 g/mol. The van der Waals surface area contributed by atoms with Crippen LogP contribution in [0.15, 0.2) is 60.7 Å². The molecule has 7 nitrogen and oxygen atoms in total. The first kappa shape index (κ1) is 22.7. The summed E-state index contributed by atoms with van der Waals surface area (Å²) in [6.45, 7) is 2.01. The van der Waals surface area contributed by atoms with Gasteiger partial charge in [0.05, 0.1) is 11.1 Å². The molecule has 0 fully saturated rings. The van der Waals surface area contributed by atoms with E-state index in [4.69, 9.17) is 20.9 Å². The number of esters is 1. The monoisotopic (exact) mass is 433 g/mol. The maximum absolute atomic E-state index is 13.1. The summed E-state index contributed by atoms with van der Waals surface area (Å²) in [4.78, 5) is 27.2. The minimum Gasteiger partial charge on any atom is -0.489 e. The number of rotatable bonds is 8. The number of ether oxygens (including phenoxy) is 2. The first-order valence-corrected chi connectivity index (χ1v) is 10.1. The minimum absolute atomic E-state index is 0.00652. The van der Waals surface area contributed by atoms with E-state index in [0.29, 0.717) is 28.3 Å². The zero-order chi connectivity index (χ0) is 23.3. The summed E-state index contributed by atoms with van der Waals surface area (Å²) in [5.41, 5.74) is 15.4. The van der Waals surface area contributed by atoms with Gasteiger partial charge in [-0.15, -0.1) is 0 Å². The van der Waals surface area contributed by atoms with Crippen LogP contribution in [0.4, 0.5) is 17.1 Å². The fourth-order valence-electron chi connectivity index (χ4n) is 3.18. The molecule has 166 valence electrons. The average Bonchev–Trinajstić information content (AvgIpc) is 2.76. The number of aryl methyl sites for hydroxylation is 1. The van der Waals surface area contributed by atoms with E-state index in [9.17, 15) is 9.59 Å². The Labute approximate surface area is 187 Å². The molecule has 0 atom stereocenters. The van der Waals surface area contributed by atoms with E-state index in [-0.39, 0.29) is 24.6 Å². The summed E-state index contributed by atoms with van der Waals surface area (Å²) < 4.78 is 11.0. The standard InChI is InChI=1S/C25H27N3O4/c1-16-4-9-23(22(12-16)24(29)17-5-7-21(8-6-17)28(2)3)31-10-11-32-25(30)18-13-19(26)15-20(27)14-18/h4-9,12-15H,10-11,26-27H2,1-3H3. The maximum Gasteiger partial charge on any atom is 0.338 e.